The molecule has 25 heavy (non-hydrogen) atoms. The van der Waals surface area contributed by atoms with Crippen LogP contribution in [0.2, 0.25) is 5.02 Å². The van der Waals surface area contributed by atoms with Gasteiger partial charge in [0.05, 0.1) is 19.7 Å². The fraction of sp³-hybridized carbons (Fsp3) is 0.167. The molecule has 1 atom stereocenters. The lowest BCUT2D eigenvalue weighted by Gasteiger charge is -2.13. The summed E-state index contributed by atoms with van der Waals surface area (Å²) in [7, 11) is 2.90. The van der Waals surface area contributed by atoms with E-state index in [2.05, 4.69) is 20.9 Å². The normalized spacial score (nSPS) is 12.2. The van der Waals surface area contributed by atoms with E-state index in [1.54, 1.807) is 24.4 Å². The van der Waals surface area contributed by atoms with E-state index in [-0.39, 0.29) is 11.5 Å². The first-order valence-electron chi connectivity index (χ1n) is 7.32. The standard InChI is InChI=1S/C18H14BrClFNO3/c1-24-15-5-9(20)3-4-10(15)17(19)18(23)12-8-22-14-7-16(25-2)13(21)6-11(12)14/h3-8,17,22H,1-2H3. The van der Waals surface area contributed by atoms with Crippen molar-refractivity contribution in [2.75, 3.05) is 14.2 Å². The summed E-state index contributed by atoms with van der Waals surface area (Å²) in [6, 6.07) is 7.85. The number of alkyl halides is 1. The number of ketones is 1. The number of fused-ring (bicyclic) bond motifs is 1. The Morgan fingerprint density at radius 2 is 1.92 bits per heavy atom. The van der Waals surface area contributed by atoms with Gasteiger partial charge in [-0.25, -0.2) is 4.39 Å². The van der Waals surface area contributed by atoms with E-state index in [0.717, 1.165) is 0 Å². The molecule has 130 valence electrons. The van der Waals surface area contributed by atoms with Crippen molar-refractivity contribution >= 4 is 44.2 Å². The van der Waals surface area contributed by atoms with Gasteiger partial charge in [0.15, 0.2) is 17.3 Å². The van der Waals surface area contributed by atoms with Crippen molar-refractivity contribution in [3.8, 4) is 11.5 Å². The Morgan fingerprint density at radius 3 is 2.60 bits per heavy atom. The molecule has 7 heteroatoms. The summed E-state index contributed by atoms with van der Waals surface area (Å²) in [5.74, 6) is -0.145. The minimum absolute atomic E-state index is 0.114. The lowest BCUT2D eigenvalue weighted by Crippen LogP contribution is -2.08. The Hall–Kier alpha value is -2.05. The van der Waals surface area contributed by atoms with E-state index < -0.39 is 10.6 Å². The maximum atomic E-state index is 14.0. The molecule has 0 aliphatic rings. The summed E-state index contributed by atoms with van der Waals surface area (Å²) in [6.45, 7) is 0. The molecule has 1 heterocycles. The van der Waals surface area contributed by atoms with Gasteiger partial charge in [-0.05, 0) is 18.2 Å². The molecule has 3 aromatic rings. The van der Waals surface area contributed by atoms with Crippen LogP contribution in [0.3, 0.4) is 0 Å². The largest absolute Gasteiger partial charge is 0.496 e. The average Bonchev–Trinajstić information content (AvgIpc) is 3.02. The first kappa shape index (κ1) is 17.8. The molecule has 4 nitrogen and oxygen atoms in total. The predicted molar refractivity (Wildman–Crippen MR) is 98.8 cm³/mol. The fourth-order valence-corrected chi connectivity index (χ4v) is 3.44. The van der Waals surface area contributed by atoms with Gasteiger partial charge in [0.25, 0.3) is 0 Å². The molecule has 0 aliphatic heterocycles. The maximum absolute atomic E-state index is 14.0. The van der Waals surface area contributed by atoms with Crippen LogP contribution >= 0.6 is 27.5 Å². The van der Waals surface area contributed by atoms with E-state index in [1.807, 2.05) is 0 Å². The van der Waals surface area contributed by atoms with Crippen LogP contribution in [0.1, 0.15) is 20.7 Å². The number of benzene rings is 2. The lowest BCUT2D eigenvalue weighted by atomic mass is 10.0. The summed E-state index contributed by atoms with van der Waals surface area (Å²) < 4.78 is 24.3. The molecule has 0 saturated heterocycles. The number of carbonyl (C=O) groups is 1. The zero-order valence-corrected chi connectivity index (χ0v) is 15.7. The van der Waals surface area contributed by atoms with Crippen molar-refractivity contribution in [2.45, 2.75) is 4.83 Å². The lowest BCUT2D eigenvalue weighted by molar-refractivity contribution is 0.0992. The number of nitrogens with one attached hydrogen (secondary N) is 1. The molecule has 1 unspecified atom stereocenters. The smallest absolute Gasteiger partial charge is 0.183 e. The van der Waals surface area contributed by atoms with Crippen LogP contribution in [-0.2, 0) is 0 Å². The van der Waals surface area contributed by atoms with Crippen LogP contribution in [-0.4, -0.2) is 25.0 Å². The summed E-state index contributed by atoms with van der Waals surface area (Å²) >= 11 is 9.38. The summed E-state index contributed by atoms with van der Waals surface area (Å²) in [4.78, 5) is 15.2. The monoisotopic (exact) mass is 425 g/mol. The molecule has 0 aliphatic carbocycles. The Labute approximate surface area is 157 Å². The second kappa shape index (κ2) is 7.06. The van der Waals surface area contributed by atoms with Gasteiger partial charge in [0.2, 0.25) is 0 Å². The van der Waals surface area contributed by atoms with Crippen molar-refractivity contribution in [1.29, 1.82) is 0 Å². The van der Waals surface area contributed by atoms with Gasteiger partial charge in [-0.3, -0.25) is 4.79 Å². The molecule has 0 saturated carbocycles. The first-order valence-corrected chi connectivity index (χ1v) is 8.62. The highest BCUT2D eigenvalue weighted by Crippen LogP contribution is 2.37. The van der Waals surface area contributed by atoms with Gasteiger partial charge in [-0.2, -0.15) is 0 Å². The molecule has 3 rings (SSSR count). The zero-order valence-electron chi connectivity index (χ0n) is 13.4. The SMILES string of the molecule is COc1cc2[nH]cc(C(=O)C(Br)c3ccc(Cl)cc3OC)c2cc1F. The number of carbonyl (C=O) groups excluding carboxylic acids is 1. The molecule has 0 fully saturated rings. The molecular weight excluding hydrogens is 413 g/mol. The van der Waals surface area contributed by atoms with Gasteiger partial charge in [-0.15, -0.1) is 0 Å². The molecule has 1 aromatic heterocycles. The van der Waals surface area contributed by atoms with Gasteiger partial charge < -0.3 is 14.5 Å². The number of ether oxygens (including phenoxy) is 2. The number of hydrogen-bond acceptors (Lipinski definition) is 3. The molecule has 0 radical (unpaired) electrons. The molecule has 1 N–H and O–H groups in total. The minimum Gasteiger partial charge on any atom is -0.496 e. The number of hydrogen-bond donors (Lipinski definition) is 1. The Morgan fingerprint density at radius 1 is 1.20 bits per heavy atom. The quantitative estimate of drug-likeness (QED) is 0.445. The topological polar surface area (TPSA) is 51.3 Å². The number of aromatic amines is 1. The van der Waals surface area contributed by atoms with Crippen LogP contribution in [0.25, 0.3) is 10.9 Å². The maximum Gasteiger partial charge on any atom is 0.183 e. The van der Waals surface area contributed by atoms with Gasteiger partial charge in [0, 0.05) is 33.8 Å². The molecule has 0 bridgehead atoms. The van der Waals surface area contributed by atoms with Crippen LogP contribution in [0.15, 0.2) is 36.5 Å². The Kier molecular flexibility index (Phi) is 5.01. The van der Waals surface area contributed by atoms with E-state index in [9.17, 15) is 9.18 Å². The summed E-state index contributed by atoms with van der Waals surface area (Å²) in [5, 5.41) is 0.995. The second-order valence-electron chi connectivity index (χ2n) is 5.35. The third kappa shape index (κ3) is 3.24. The van der Waals surface area contributed by atoms with Crippen LogP contribution < -0.4 is 9.47 Å². The van der Waals surface area contributed by atoms with E-state index in [0.29, 0.717) is 32.8 Å². The zero-order chi connectivity index (χ0) is 18.1. The highest BCUT2D eigenvalue weighted by Gasteiger charge is 2.25. The van der Waals surface area contributed by atoms with Gasteiger partial charge in [-0.1, -0.05) is 33.6 Å². The highest BCUT2D eigenvalue weighted by molar-refractivity contribution is 9.09. The number of H-pyrrole nitrogens is 1. The third-order valence-electron chi connectivity index (χ3n) is 3.92. The molecule has 0 amide bonds. The summed E-state index contributed by atoms with van der Waals surface area (Å²) in [5.41, 5.74) is 1.63. The van der Waals surface area contributed by atoms with Crippen molar-refractivity contribution in [1.82, 2.24) is 4.98 Å². The van der Waals surface area contributed by atoms with Crippen molar-refractivity contribution < 1.29 is 18.7 Å². The third-order valence-corrected chi connectivity index (χ3v) is 5.06. The molecular formula is C18H14BrClFNO3. The van der Waals surface area contributed by atoms with Crippen molar-refractivity contribution in [2.24, 2.45) is 0 Å². The van der Waals surface area contributed by atoms with Crippen LogP contribution in [0.5, 0.6) is 11.5 Å². The van der Waals surface area contributed by atoms with Crippen molar-refractivity contribution in [3.05, 3.63) is 58.5 Å². The van der Waals surface area contributed by atoms with E-state index in [1.165, 1.54) is 26.4 Å². The first-order chi connectivity index (χ1) is 12.0. The predicted octanol–water partition coefficient (Wildman–Crippen LogP) is 5.30. The van der Waals surface area contributed by atoms with Crippen LogP contribution in [0, 0.1) is 5.82 Å². The van der Waals surface area contributed by atoms with Crippen LogP contribution in [0.4, 0.5) is 4.39 Å². The fourth-order valence-electron chi connectivity index (χ4n) is 2.66. The van der Waals surface area contributed by atoms with Crippen molar-refractivity contribution in [3.63, 3.8) is 0 Å². The van der Waals surface area contributed by atoms with Gasteiger partial charge >= 0.3 is 0 Å². The average molecular weight is 427 g/mol. The number of Topliss-reactive ketones (excluding diaryl/α,β-unsaturated/α-hetero) is 1. The molecule has 0 spiro atoms. The number of halogens is 3. The number of methoxy groups -OCH3 is 2. The van der Waals surface area contributed by atoms with E-state index >= 15 is 0 Å². The Bertz CT molecular complexity index is 957. The Balaban J connectivity index is 2.03. The molecule has 2 aromatic carbocycles. The number of rotatable bonds is 5. The number of aromatic nitrogens is 1. The summed E-state index contributed by atoms with van der Waals surface area (Å²) in [6.07, 6.45) is 1.56. The second-order valence-corrected chi connectivity index (χ2v) is 6.70. The minimum atomic E-state index is -0.663. The van der Waals surface area contributed by atoms with Gasteiger partial charge in [0.1, 0.15) is 10.6 Å². The highest BCUT2D eigenvalue weighted by atomic mass is 79.9. The van der Waals surface area contributed by atoms with E-state index in [4.69, 9.17) is 21.1 Å².